The number of anilines is 1. The standard InChI is InChI=1S/C32H38N4O4S/c1-31(2,3)41(38)35-29-27-10-6-5-8-23(27)20-32(29)15-17-36(18-16-32)30-28(22-37)34-24(21-33-30)9-7-19-40-26-13-11-25(39-4)12-14-26/h5-6,8,10-14,21,29,35,37H,15-20,22H2,1-4H3/t29-,41?/m1/s1. The number of hydrogen-bond donors (Lipinski definition) is 2. The summed E-state index contributed by atoms with van der Waals surface area (Å²) in [5.74, 6) is 8.12. The monoisotopic (exact) mass is 574 g/mol. The highest BCUT2D eigenvalue weighted by atomic mass is 32.2. The fourth-order valence-electron chi connectivity index (χ4n) is 5.66. The zero-order valence-corrected chi connectivity index (χ0v) is 25.0. The smallest absolute Gasteiger partial charge is 0.152 e. The molecule has 1 aromatic heterocycles. The summed E-state index contributed by atoms with van der Waals surface area (Å²) in [6, 6.07) is 15.9. The Morgan fingerprint density at radius 2 is 1.83 bits per heavy atom. The van der Waals surface area contributed by atoms with Gasteiger partial charge in [0.15, 0.2) is 5.82 Å². The molecular weight excluding hydrogens is 536 g/mol. The molecule has 216 valence electrons. The zero-order chi connectivity index (χ0) is 29.0. The quantitative estimate of drug-likeness (QED) is 0.405. The highest BCUT2D eigenvalue weighted by molar-refractivity contribution is 7.84. The molecule has 2 aliphatic rings. The molecule has 0 saturated carbocycles. The van der Waals surface area contributed by atoms with Crippen LogP contribution in [0.4, 0.5) is 5.82 Å². The molecule has 3 aromatic rings. The number of fused-ring (bicyclic) bond motifs is 1. The summed E-state index contributed by atoms with van der Waals surface area (Å²) in [6.07, 6.45) is 4.44. The third-order valence-corrected chi connectivity index (χ3v) is 9.48. The van der Waals surface area contributed by atoms with Gasteiger partial charge in [0.25, 0.3) is 0 Å². The van der Waals surface area contributed by atoms with Crippen molar-refractivity contribution in [2.75, 3.05) is 31.7 Å². The molecule has 8 nitrogen and oxygen atoms in total. The van der Waals surface area contributed by atoms with Crippen LogP contribution in [0.5, 0.6) is 11.5 Å². The molecule has 0 radical (unpaired) electrons. The van der Waals surface area contributed by atoms with Crippen molar-refractivity contribution < 1.29 is 18.8 Å². The molecule has 1 spiro atoms. The van der Waals surface area contributed by atoms with Crippen molar-refractivity contribution in [1.29, 1.82) is 0 Å². The maximum Gasteiger partial charge on any atom is 0.152 e. The molecule has 5 rings (SSSR count). The van der Waals surface area contributed by atoms with Crippen molar-refractivity contribution in [2.45, 2.75) is 57.4 Å². The number of nitrogens with zero attached hydrogens (tertiary/aromatic N) is 3. The van der Waals surface area contributed by atoms with Crippen molar-refractivity contribution >= 4 is 16.8 Å². The second kappa shape index (κ2) is 12.2. The van der Waals surface area contributed by atoms with E-state index in [1.807, 2.05) is 45.0 Å². The molecule has 9 heteroatoms. The first kappa shape index (κ1) is 29.1. The van der Waals surface area contributed by atoms with Crippen molar-refractivity contribution in [3.8, 4) is 23.3 Å². The Bertz CT molecular complexity index is 1450. The van der Waals surface area contributed by atoms with Crippen LogP contribution < -0.4 is 19.1 Å². The van der Waals surface area contributed by atoms with E-state index >= 15 is 0 Å². The third kappa shape index (κ3) is 6.40. The van der Waals surface area contributed by atoms with Gasteiger partial charge in [-0.1, -0.05) is 30.2 Å². The number of nitrogens with one attached hydrogen (secondary N) is 1. The summed E-state index contributed by atoms with van der Waals surface area (Å²) in [6.45, 7) is 7.54. The van der Waals surface area contributed by atoms with E-state index in [0.29, 0.717) is 23.0 Å². The van der Waals surface area contributed by atoms with Crippen molar-refractivity contribution in [1.82, 2.24) is 14.7 Å². The first-order valence-electron chi connectivity index (χ1n) is 14.0. The lowest BCUT2D eigenvalue weighted by Crippen LogP contribution is -2.48. The number of aliphatic hydroxyl groups excluding tert-OH is 1. The molecule has 1 aliphatic carbocycles. The number of hydrogen-bond acceptors (Lipinski definition) is 7. The molecule has 2 heterocycles. The van der Waals surface area contributed by atoms with E-state index in [4.69, 9.17) is 9.47 Å². The Hall–Kier alpha value is -3.45. The highest BCUT2D eigenvalue weighted by Crippen LogP contribution is 2.52. The molecule has 1 fully saturated rings. The minimum atomic E-state index is -1.18. The summed E-state index contributed by atoms with van der Waals surface area (Å²) >= 11 is 0. The van der Waals surface area contributed by atoms with Crippen molar-refractivity contribution in [2.24, 2.45) is 5.41 Å². The maximum atomic E-state index is 13.2. The normalized spacial score (nSPS) is 18.4. The summed E-state index contributed by atoms with van der Waals surface area (Å²) in [7, 11) is 0.445. The molecule has 1 saturated heterocycles. The number of methoxy groups -OCH3 is 1. The summed E-state index contributed by atoms with van der Waals surface area (Å²) in [5, 5.41) is 10.1. The Morgan fingerprint density at radius 3 is 2.51 bits per heavy atom. The van der Waals surface area contributed by atoms with Crippen molar-refractivity contribution in [3.63, 3.8) is 0 Å². The van der Waals surface area contributed by atoms with Crippen LogP contribution in [0.3, 0.4) is 0 Å². The van der Waals surface area contributed by atoms with Gasteiger partial charge < -0.3 is 19.5 Å². The van der Waals surface area contributed by atoms with Crippen LogP contribution in [-0.2, 0) is 24.0 Å². The van der Waals surface area contributed by atoms with Crippen LogP contribution in [0, 0.1) is 17.3 Å². The largest absolute Gasteiger partial charge is 0.497 e. The summed E-state index contributed by atoms with van der Waals surface area (Å²) in [5.41, 5.74) is 3.57. The van der Waals surface area contributed by atoms with Gasteiger partial charge in [0.2, 0.25) is 0 Å². The fraction of sp³-hybridized carbons (Fsp3) is 0.438. The highest BCUT2D eigenvalue weighted by Gasteiger charge is 2.49. The van der Waals surface area contributed by atoms with Gasteiger partial charge in [-0.05, 0) is 86.8 Å². The van der Waals surface area contributed by atoms with Crippen LogP contribution in [0.15, 0.2) is 54.7 Å². The Kier molecular flexibility index (Phi) is 8.64. The zero-order valence-electron chi connectivity index (χ0n) is 24.1. The minimum Gasteiger partial charge on any atom is -0.497 e. The van der Waals surface area contributed by atoms with Gasteiger partial charge in [-0.25, -0.2) is 18.9 Å². The van der Waals surface area contributed by atoms with E-state index in [1.165, 1.54) is 11.1 Å². The van der Waals surface area contributed by atoms with Crippen LogP contribution in [-0.4, -0.2) is 50.8 Å². The second-order valence-electron chi connectivity index (χ2n) is 11.6. The van der Waals surface area contributed by atoms with Crippen LogP contribution in [0.2, 0.25) is 0 Å². The molecule has 0 amide bonds. The molecule has 0 bridgehead atoms. The SMILES string of the molecule is COc1ccc(OCC#Cc2cnc(N3CCC4(CC3)Cc3ccccc3[C@H]4NS(=O)C(C)(C)C)c(CO)n2)cc1. The second-order valence-corrected chi connectivity index (χ2v) is 13.6. The molecule has 2 N–H and O–H groups in total. The topological polar surface area (TPSA) is 96.8 Å². The number of rotatable bonds is 7. The predicted molar refractivity (Wildman–Crippen MR) is 161 cm³/mol. The number of benzene rings is 2. The first-order chi connectivity index (χ1) is 19.7. The molecule has 2 atom stereocenters. The number of aliphatic hydroxyl groups is 1. The van der Waals surface area contributed by atoms with Gasteiger partial charge >= 0.3 is 0 Å². The molecule has 41 heavy (non-hydrogen) atoms. The molecule has 2 aromatic carbocycles. The number of piperidine rings is 1. The van der Waals surface area contributed by atoms with E-state index < -0.39 is 11.0 Å². The van der Waals surface area contributed by atoms with Gasteiger partial charge in [-0.2, -0.15) is 0 Å². The Labute approximate surface area is 245 Å². The summed E-state index contributed by atoms with van der Waals surface area (Å²) < 4.78 is 27.2. The lowest BCUT2D eigenvalue weighted by Gasteiger charge is -2.44. The lowest BCUT2D eigenvalue weighted by molar-refractivity contribution is 0.177. The number of aromatic nitrogens is 2. The maximum absolute atomic E-state index is 13.2. The average Bonchev–Trinajstić information content (AvgIpc) is 3.27. The average molecular weight is 575 g/mol. The van der Waals surface area contributed by atoms with E-state index in [2.05, 4.69) is 55.7 Å². The van der Waals surface area contributed by atoms with Crippen molar-refractivity contribution in [3.05, 3.63) is 77.2 Å². The van der Waals surface area contributed by atoms with E-state index in [1.54, 1.807) is 13.3 Å². The van der Waals surface area contributed by atoms with Gasteiger partial charge in [0.05, 0.1) is 41.7 Å². The van der Waals surface area contributed by atoms with E-state index in [-0.39, 0.29) is 29.4 Å². The first-order valence-corrected chi connectivity index (χ1v) is 15.1. The van der Waals surface area contributed by atoms with Gasteiger partial charge in [-0.15, -0.1) is 0 Å². The van der Waals surface area contributed by atoms with Gasteiger partial charge in [-0.3, -0.25) is 0 Å². The van der Waals surface area contributed by atoms with Crippen LogP contribution >= 0.6 is 0 Å². The van der Waals surface area contributed by atoms with Gasteiger partial charge in [0.1, 0.15) is 29.5 Å². The number of ether oxygens (including phenoxy) is 2. The lowest BCUT2D eigenvalue weighted by atomic mass is 9.73. The predicted octanol–water partition coefficient (Wildman–Crippen LogP) is 4.34. The minimum absolute atomic E-state index is 0.0246. The van der Waals surface area contributed by atoms with Gasteiger partial charge in [0, 0.05) is 13.1 Å². The summed E-state index contributed by atoms with van der Waals surface area (Å²) in [4.78, 5) is 11.5. The fourth-order valence-corrected chi connectivity index (χ4v) is 6.60. The third-order valence-electron chi connectivity index (χ3n) is 7.92. The van der Waals surface area contributed by atoms with E-state index in [9.17, 15) is 9.32 Å². The Morgan fingerprint density at radius 1 is 1.12 bits per heavy atom. The molecular formula is C32H38N4O4S. The Balaban J connectivity index is 1.26. The van der Waals surface area contributed by atoms with Crippen LogP contribution in [0.25, 0.3) is 0 Å². The van der Waals surface area contributed by atoms with Crippen LogP contribution in [0.1, 0.15) is 62.2 Å². The van der Waals surface area contributed by atoms with E-state index in [0.717, 1.165) is 38.1 Å². The molecule has 1 aliphatic heterocycles. The molecule has 1 unspecified atom stereocenters.